The van der Waals surface area contributed by atoms with Gasteiger partial charge < -0.3 is 5.11 Å². The second-order valence-corrected chi connectivity index (χ2v) is 8.01. The molecule has 30 heavy (non-hydrogen) atoms. The lowest BCUT2D eigenvalue weighted by molar-refractivity contribution is -0.135. The van der Waals surface area contributed by atoms with E-state index < -0.39 is 5.41 Å². The molecule has 0 radical (unpaired) electrons. The van der Waals surface area contributed by atoms with Gasteiger partial charge in [0.2, 0.25) is 0 Å². The lowest BCUT2D eigenvalue weighted by atomic mass is 9.68. The normalized spacial score (nSPS) is 16.3. The van der Waals surface area contributed by atoms with Gasteiger partial charge in [-0.3, -0.25) is 9.59 Å². The van der Waals surface area contributed by atoms with E-state index in [0.29, 0.717) is 23.5 Å². The smallest absolute Gasteiger partial charge is 0.169 e. The third-order valence-electron chi connectivity index (χ3n) is 5.71. The van der Waals surface area contributed by atoms with Crippen LogP contribution in [0, 0.1) is 16.2 Å². The van der Waals surface area contributed by atoms with E-state index in [2.05, 4.69) is 5.18 Å². The fraction of sp³-hybridized carbons (Fsp3) is 0.280. The zero-order valence-corrected chi connectivity index (χ0v) is 17.0. The molecule has 2 aromatic carbocycles. The number of benzene rings is 2. The first-order valence-corrected chi connectivity index (χ1v) is 10.1. The minimum atomic E-state index is -1.16. The van der Waals surface area contributed by atoms with Crippen molar-refractivity contribution >= 4 is 29.4 Å². The van der Waals surface area contributed by atoms with Crippen molar-refractivity contribution in [2.24, 2.45) is 16.5 Å². The molecule has 0 saturated heterocycles. The molecule has 0 aromatic heterocycles. The van der Waals surface area contributed by atoms with E-state index in [0.717, 1.165) is 19.3 Å². The molecule has 0 heterocycles. The van der Waals surface area contributed by atoms with Crippen LogP contribution in [-0.2, 0) is 9.59 Å². The quantitative estimate of drug-likeness (QED) is 0.323. The molecule has 5 heteroatoms. The minimum Gasteiger partial charge on any atom is -0.508 e. The summed E-state index contributed by atoms with van der Waals surface area (Å²) in [6.07, 6.45) is 9.78. The van der Waals surface area contributed by atoms with Crippen molar-refractivity contribution in [1.29, 1.82) is 0 Å². The number of nitroso groups, excluding NO2 is 1. The predicted molar refractivity (Wildman–Crippen MR) is 118 cm³/mol. The van der Waals surface area contributed by atoms with Crippen LogP contribution >= 0.6 is 0 Å². The summed E-state index contributed by atoms with van der Waals surface area (Å²) in [5.74, 6) is -0.0268. The minimum absolute atomic E-state index is 0.118. The molecular formula is C25H25NO4. The van der Waals surface area contributed by atoms with Crippen molar-refractivity contribution in [3.63, 3.8) is 0 Å². The summed E-state index contributed by atoms with van der Waals surface area (Å²) in [7, 11) is 0. The van der Waals surface area contributed by atoms with Gasteiger partial charge in [-0.05, 0) is 72.0 Å². The molecule has 5 nitrogen and oxygen atoms in total. The highest BCUT2D eigenvalue weighted by atomic mass is 16.3. The molecule has 0 bridgehead atoms. The van der Waals surface area contributed by atoms with Gasteiger partial charge in [0.15, 0.2) is 11.6 Å². The Morgan fingerprint density at radius 1 is 1.03 bits per heavy atom. The molecule has 154 valence electrons. The third-order valence-corrected chi connectivity index (χ3v) is 5.71. The largest absolute Gasteiger partial charge is 0.508 e. The van der Waals surface area contributed by atoms with Crippen LogP contribution in [0.3, 0.4) is 0 Å². The summed E-state index contributed by atoms with van der Waals surface area (Å²) in [4.78, 5) is 36.9. The van der Waals surface area contributed by atoms with Crippen molar-refractivity contribution in [3.05, 3.63) is 76.7 Å². The van der Waals surface area contributed by atoms with Crippen LogP contribution in [0.5, 0.6) is 5.75 Å². The molecular weight excluding hydrogens is 378 g/mol. The van der Waals surface area contributed by atoms with Crippen LogP contribution in [0.1, 0.15) is 43.7 Å². The fourth-order valence-corrected chi connectivity index (χ4v) is 3.62. The molecule has 1 fully saturated rings. The molecule has 1 saturated carbocycles. The van der Waals surface area contributed by atoms with E-state index >= 15 is 0 Å². The molecule has 1 aliphatic rings. The van der Waals surface area contributed by atoms with Gasteiger partial charge >= 0.3 is 0 Å². The van der Waals surface area contributed by atoms with E-state index in [1.165, 1.54) is 12.2 Å². The number of phenolic OH excluding ortho intramolecular Hbond substituents is 1. The van der Waals surface area contributed by atoms with Gasteiger partial charge in [0.25, 0.3) is 0 Å². The first-order valence-electron chi connectivity index (χ1n) is 10.1. The number of rotatable bonds is 9. The molecule has 1 aliphatic carbocycles. The Labute approximate surface area is 176 Å². The summed E-state index contributed by atoms with van der Waals surface area (Å²) in [6, 6.07) is 13.2. The number of hydrogen-bond donors (Lipinski definition) is 1. The Bertz CT molecular complexity index is 1000. The fourth-order valence-electron chi connectivity index (χ4n) is 3.62. The number of carbonyl (C=O) groups excluding carboxylic acids is 2. The number of hydrogen-bond acceptors (Lipinski definition) is 5. The highest BCUT2D eigenvalue weighted by molar-refractivity contribution is 6.17. The molecule has 0 amide bonds. The molecule has 1 atom stereocenters. The van der Waals surface area contributed by atoms with Gasteiger partial charge in [-0.15, -0.1) is 4.91 Å². The highest BCUT2D eigenvalue weighted by Gasteiger charge is 2.41. The lowest BCUT2D eigenvalue weighted by Gasteiger charge is -2.33. The molecule has 2 aromatic rings. The summed E-state index contributed by atoms with van der Waals surface area (Å²) in [6.45, 7) is 1.70. The van der Waals surface area contributed by atoms with Crippen LogP contribution in [0.4, 0.5) is 5.69 Å². The maximum absolute atomic E-state index is 13.1. The molecule has 1 unspecified atom stereocenters. The van der Waals surface area contributed by atoms with Gasteiger partial charge in [-0.25, -0.2) is 0 Å². The van der Waals surface area contributed by atoms with Gasteiger partial charge in [0, 0.05) is 0 Å². The Hall–Kier alpha value is -3.34. The third kappa shape index (κ3) is 5.17. The average Bonchev–Trinajstić information content (AvgIpc) is 2.72. The summed E-state index contributed by atoms with van der Waals surface area (Å²) < 4.78 is 0. The van der Waals surface area contributed by atoms with Gasteiger partial charge in [-0.2, -0.15) is 0 Å². The summed E-state index contributed by atoms with van der Waals surface area (Å²) in [5, 5.41) is 12.5. The number of allylic oxidation sites excluding steroid dienone is 2. The van der Waals surface area contributed by atoms with E-state index in [1.54, 1.807) is 67.6 Å². The SMILES string of the molecule is CC(CC1CCC1)(C(=O)/C=C/c1cccc(O)c1)C(=O)/C=C/c1cccc(N=O)c1. The number of phenols is 1. The Balaban J connectivity index is 1.82. The number of ketones is 2. The van der Waals surface area contributed by atoms with Gasteiger partial charge in [-0.1, -0.05) is 55.7 Å². The Kier molecular flexibility index (Phi) is 6.72. The molecule has 1 N–H and O–H groups in total. The standard InChI is InChI=1S/C25H25NO4/c1-25(17-20-7-2-8-20,24(29)14-12-19-6-4-10-22(27)16-19)23(28)13-11-18-5-3-9-21(15-18)26-30/h3-6,9-16,20,27H,2,7-8,17H2,1H3/b13-11+,14-12+. The first kappa shape index (κ1) is 21.4. The van der Waals surface area contributed by atoms with Crippen LogP contribution in [-0.4, -0.2) is 16.7 Å². The van der Waals surface area contributed by atoms with E-state index in [-0.39, 0.29) is 23.0 Å². The lowest BCUT2D eigenvalue weighted by Crippen LogP contribution is -2.37. The van der Waals surface area contributed by atoms with Crippen LogP contribution in [0.15, 0.2) is 65.9 Å². The molecule has 3 rings (SSSR count). The van der Waals surface area contributed by atoms with Crippen LogP contribution < -0.4 is 0 Å². The van der Waals surface area contributed by atoms with Crippen molar-refractivity contribution < 1.29 is 14.7 Å². The van der Waals surface area contributed by atoms with E-state index in [9.17, 15) is 19.6 Å². The van der Waals surface area contributed by atoms with Crippen molar-refractivity contribution in [2.75, 3.05) is 0 Å². The van der Waals surface area contributed by atoms with Gasteiger partial charge in [0.05, 0.1) is 5.41 Å². The second-order valence-electron chi connectivity index (χ2n) is 8.01. The van der Waals surface area contributed by atoms with Gasteiger partial charge in [0.1, 0.15) is 11.4 Å². The molecule has 0 spiro atoms. The van der Waals surface area contributed by atoms with Crippen molar-refractivity contribution in [3.8, 4) is 5.75 Å². The van der Waals surface area contributed by atoms with Crippen molar-refractivity contribution in [2.45, 2.75) is 32.6 Å². The van der Waals surface area contributed by atoms with Crippen LogP contribution in [0.25, 0.3) is 12.2 Å². The highest BCUT2D eigenvalue weighted by Crippen LogP contribution is 2.39. The zero-order valence-electron chi connectivity index (χ0n) is 17.0. The monoisotopic (exact) mass is 403 g/mol. The average molecular weight is 403 g/mol. The van der Waals surface area contributed by atoms with E-state index in [4.69, 9.17) is 0 Å². The molecule has 0 aliphatic heterocycles. The van der Waals surface area contributed by atoms with Crippen molar-refractivity contribution in [1.82, 2.24) is 0 Å². The number of aromatic hydroxyl groups is 1. The Morgan fingerprint density at radius 3 is 2.17 bits per heavy atom. The number of carbonyl (C=O) groups is 2. The number of nitrogens with zero attached hydrogens (tertiary/aromatic N) is 1. The topological polar surface area (TPSA) is 83.8 Å². The second kappa shape index (κ2) is 9.44. The first-order chi connectivity index (χ1) is 14.4. The van der Waals surface area contributed by atoms with E-state index in [1.807, 2.05) is 0 Å². The maximum Gasteiger partial charge on any atom is 0.169 e. The zero-order chi connectivity index (χ0) is 21.6. The Morgan fingerprint density at radius 2 is 1.63 bits per heavy atom. The maximum atomic E-state index is 13.1. The predicted octanol–water partition coefficient (Wildman–Crippen LogP) is 5.85. The summed E-state index contributed by atoms with van der Waals surface area (Å²) in [5.41, 5.74) is 0.492. The van der Waals surface area contributed by atoms with Crippen LogP contribution in [0.2, 0.25) is 0 Å². The summed E-state index contributed by atoms with van der Waals surface area (Å²) >= 11 is 0.